The molecule has 1 amide bonds. The summed E-state index contributed by atoms with van der Waals surface area (Å²) in [5.74, 6) is -3.48. The molecule has 0 spiro atoms. The van der Waals surface area contributed by atoms with Crippen LogP contribution >= 0.6 is 0 Å². The van der Waals surface area contributed by atoms with Crippen LogP contribution in [-0.2, 0) is 9.59 Å². The van der Waals surface area contributed by atoms with E-state index in [-0.39, 0.29) is 17.8 Å². The predicted octanol–water partition coefficient (Wildman–Crippen LogP) is 1.30. The number of carboxylic acid groups (broad SMARTS) is 1. The van der Waals surface area contributed by atoms with Crippen molar-refractivity contribution in [3.63, 3.8) is 0 Å². The Labute approximate surface area is 107 Å². The molecule has 0 unspecified atom stereocenters. The van der Waals surface area contributed by atoms with Crippen molar-refractivity contribution in [1.29, 1.82) is 0 Å². The number of halogens is 1. The Balaban J connectivity index is 2.41. The van der Waals surface area contributed by atoms with Crippen LogP contribution in [0.5, 0.6) is 0 Å². The van der Waals surface area contributed by atoms with E-state index in [1.54, 1.807) is 6.92 Å². The van der Waals surface area contributed by atoms with Crippen LogP contribution in [0, 0.1) is 12.7 Å². The third-order valence-electron chi connectivity index (χ3n) is 2.71. The van der Waals surface area contributed by atoms with Gasteiger partial charge in [-0.05, 0) is 24.6 Å². The van der Waals surface area contributed by atoms with E-state index in [0.717, 1.165) is 11.0 Å². The highest BCUT2D eigenvalue weighted by Crippen LogP contribution is 2.32. The van der Waals surface area contributed by atoms with Gasteiger partial charge in [0.2, 0.25) is 0 Å². The molecular weight excluding hydrogens is 253 g/mol. The van der Waals surface area contributed by atoms with Crippen LogP contribution in [0.1, 0.15) is 15.9 Å². The number of nitrogens with zero attached hydrogens (tertiary/aromatic N) is 1. The smallest absolute Gasteiger partial charge is 0.328 e. The minimum atomic E-state index is -1.18. The summed E-state index contributed by atoms with van der Waals surface area (Å²) in [5.41, 5.74) is 0.474. The van der Waals surface area contributed by atoms with Crippen molar-refractivity contribution in [3.8, 4) is 0 Å². The zero-order valence-corrected chi connectivity index (χ0v) is 10.0. The molecule has 1 heterocycles. The molecule has 98 valence electrons. The number of hydrogen-bond donors (Lipinski definition) is 1. The lowest BCUT2D eigenvalue weighted by atomic mass is 10.1. The quantitative estimate of drug-likeness (QED) is 0.659. The van der Waals surface area contributed by atoms with Crippen LogP contribution in [0.3, 0.4) is 0 Å². The van der Waals surface area contributed by atoms with Crippen molar-refractivity contribution >= 4 is 23.3 Å². The van der Waals surface area contributed by atoms with Gasteiger partial charge in [-0.2, -0.15) is 0 Å². The third kappa shape index (κ3) is 2.24. The summed E-state index contributed by atoms with van der Waals surface area (Å²) >= 11 is 0. The Hall–Kier alpha value is -2.50. The highest BCUT2D eigenvalue weighted by molar-refractivity contribution is 6.52. The first-order chi connectivity index (χ1) is 8.91. The number of benzene rings is 1. The van der Waals surface area contributed by atoms with Crippen molar-refractivity contribution < 1.29 is 23.9 Å². The molecule has 0 saturated heterocycles. The molecule has 1 aliphatic heterocycles. The normalized spacial score (nSPS) is 14.3. The summed E-state index contributed by atoms with van der Waals surface area (Å²) < 4.78 is 13.8. The highest BCUT2D eigenvalue weighted by Gasteiger charge is 2.37. The standard InChI is InChI=1S/C13H10FNO4/c1-7-5-8-11(9(14)6-7)15(13(19)12(8)18)4-2-3-10(16)17/h2-3,5-6H,4H2,1H3,(H,16,17)/b3-2+. The van der Waals surface area contributed by atoms with Gasteiger partial charge in [0.05, 0.1) is 11.3 Å². The van der Waals surface area contributed by atoms with Gasteiger partial charge in [0.1, 0.15) is 5.82 Å². The van der Waals surface area contributed by atoms with E-state index in [2.05, 4.69) is 0 Å². The van der Waals surface area contributed by atoms with E-state index in [1.165, 1.54) is 18.2 Å². The van der Waals surface area contributed by atoms with Gasteiger partial charge in [-0.3, -0.25) is 14.5 Å². The minimum absolute atomic E-state index is 0.0197. The molecule has 1 aromatic rings. The number of amides is 1. The van der Waals surface area contributed by atoms with E-state index < -0.39 is 23.5 Å². The molecule has 0 aromatic heterocycles. The van der Waals surface area contributed by atoms with Crippen molar-refractivity contribution in [3.05, 3.63) is 41.2 Å². The molecule has 1 aromatic carbocycles. The number of ketones is 1. The second kappa shape index (κ2) is 4.64. The number of rotatable bonds is 3. The molecule has 6 heteroatoms. The topological polar surface area (TPSA) is 74.7 Å². The van der Waals surface area contributed by atoms with Gasteiger partial charge in [0.15, 0.2) is 0 Å². The molecule has 0 aliphatic carbocycles. The Morgan fingerprint density at radius 3 is 2.74 bits per heavy atom. The molecule has 0 bridgehead atoms. The molecular formula is C13H10FNO4. The number of anilines is 1. The van der Waals surface area contributed by atoms with Crippen molar-refractivity contribution in [2.24, 2.45) is 0 Å². The molecule has 1 aliphatic rings. The molecule has 0 radical (unpaired) electrons. The van der Waals surface area contributed by atoms with Gasteiger partial charge < -0.3 is 5.11 Å². The third-order valence-corrected chi connectivity index (χ3v) is 2.71. The summed E-state index contributed by atoms with van der Waals surface area (Å²) in [6, 6.07) is 2.66. The Bertz CT molecular complexity index is 621. The van der Waals surface area contributed by atoms with Gasteiger partial charge in [0, 0.05) is 12.6 Å². The number of aliphatic carboxylic acids is 1. The first-order valence-corrected chi connectivity index (χ1v) is 5.47. The van der Waals surface area contributed by atoms with Gasteiger partial charge in [0.25, 0.3) is 11.7 Å². The second-order valence-corrected chi connectivity index (χ2v) is 4.13. The number of carbonyl (C=O) groups is 3. The average Bonchev–Trinajstić information content (AvgIpc) is 2.54. The molecule has 0 fully saturated rings. The minimum Gasteiger partial charge on any atom is -0.478 e. The van der Waals surface area contributed by atoms with E-state index in [0.29, 0.717) is 5.56 Å². The molecule has 0 saturated carbocycles. The second-order valence-electron chi connectivity index (χ2n) is 4.13. The fourth-order valence-corrected chi connectivity index (χ4v) is 1.95. The number of carboxylic acids is 1. The molecule has 2 rings (SSSR count). The molecule has 1 N–H and O–H groups in total. The van der Waals surface area contributed by atoms with E-state index in [9.17, 15) is 18.8 Å². The monoisotopic (exact) mass is 263 g/mol. The first-order valence-electron chi connectivity index (χ1n) is 5.47. The van der Waals surface area contributed by atoms with Crippen LogP contribution in [0.25, 0.3) is 0 Å². The lowest BCUT2D eigenvalue weighted by molar-refractivity contribution is -0.131. The SMILES string of the molecule is Cc1cc(F)c2c(c1)C(=O)C(=O)N2C/C=C/C(=O)O. The summed E-state index contributed by atoms with van der Waals surface area (Å²) in [7, 11) is 0. The Morgan fingerprint density at radius 1 is 1.42 bits per heavy atom. The van der Waals surface area contributed by atoms with E-state index in [4.69, 9.17) is 5.11 Å². The van der Waals surface area contributed by atoms with Gasteiger partial charge >= 0.3 is 5.97 Å². The average molecular weight is 263 g/mol. The van der Waals surface area contributed by atoms with Crippen LogP contribution in [-0.4, -0.2) is 29.3 Å². The van der Waals surface area contributed by atoms with Gasteiger partial charge in [-0.1, -0.05) is 6.08 Å². The lowest BCUT2D eigenvalue weighted by Crippen LogP contribution is -2.30. The maximum Gasteiger partial charge on any atom is 0.328 e. The van der Waals surface area contributed by atoms with Gasteiger partial charge in [-0.15, -0.1) is 0 Å². The summed E-state index contributed by atoms with van der Waals surface area (Å²) in [6.45, 7) is 1.46. The predicted molar refractivity (Wildman–Crippen MR) is 64.6 cm³/mol. The Kier molecular flexibility index (Phi) is 3.16. The molecule has 19 heavy (non-hydrogen) atoms. The van der Waals surface area contributed by atoms with Crippen molar-refractivity contribution in [2.45, 2.75) is 6.92 Å². The zero-order chi connectivity index (χ0) is 14.2. The zero-order valence-electron chi connectivity index (χ0n) is 10.0. The van der Waals surface area contributed by atoms with Crippen LogP contribution in [0.2, 0.25) is 0 Å². The maximum absolute atomic E-state index is 13.8. The van der Waals surface area contributed by atoms with Crippen LogP contribution in [0.4, 0.5) is 10.1 Å². The fourth-order valence-electron chi connectivity index (χ4n) is 1.95. The summed E-state index contributed by atoms with van der Waals surface area (Å²) in [5, 5.41) is 8.46. The van der Waals surface area contributed by atoms with Gasteiger partial charge in [-0.25, -0.2) is 9.18 Å². The van der Waals surface area contributed by atoms with E-state index >= 15 is 0 Å². The summed E-state index contributed by atoms with van der Waals surface area (Å²) in [4.78, 5) is 34.7. The first kappa shape index (κ1) is 12.9. The Morgan fingerprint density at radius 2 is 2.11 bits per heavy atom. The highest BCUT2D eigenvalue weighted by atomic mass is 19.1. The lowest BCUT2D eigenvalue weighted by Gasteiger charge is -2.14. The number of carbonyl (C=O) groups excluding carboxylic acids is 2. The molecule has 5 nitrogen and oxygen atoms in total. The van der Waals surface area contributed by atoms with Crippen molar-refractivity contribution in [2.75, 3.05) is 11.4 Å². The number of aryl methyl sites for hydroxylation is 1. The number of fused-ring (bicyclic) bond motifs is 1. The number of hydrogen-bond acceptors (Lipinski definition) is 3. The van der Waals surface area contributed by atoms with Crippen LogP contribution < -0.4 is 4.90 Å². The van der Waals surface area contributed by atoms with E-state index in [1.807, 2.05) is 0 Å². The summed E-state index contributed by atoms with van der Waals surface area (Å²) in [6.07, 6.45) is 2.02. The van der Waals surface area contributed by atoms with Crippen molar-refractivity contribution in [1.82, 2.24) is 0 Å². The fraction of sp³-hybridized carbons (Fsp3) is 0.154. The maximum atomic E-state index is 13.8. The van der Waals surface area contributed by atoms with Crippen LogP contribution in [0.15, 0.2) is 24.3 Å². The molecule has 0 atom stereocenters. The number of Topliss-reactive ketones (excluding diaryl/α,β-unsaturated/α-hetero) is 1. The largest absolute Gasteiger partial charge is 0.478 e.